The van der Waals surface area contributed by atoms with E-state index in [1.807, 2.05) is 24.8 Å². The largest absolute Gasteiger partial charge is 0.493 e. The average molecular weight is 513 g/mol. The highest BCUT2D eigenvalue weighted by atomic mass is 16.5. The van der Waals surface area contributed by atoms with Gasteiger partial charge in [0.15, 0.2) is 35.4 Å². The first kappa shape index (κ1) is 26.5. The Hall–Kier alpha value is -3.60. The maximum absolute atomic E-state index is 13.8. The summed E-state index contributed by atoms with van der Waals surface area (Å²) in [5.74, 6) is 0.435. The smallest absolute Gasteiger partial charge is 0.328 e. The first-order valence-electron chi connectivity index (χ1n) is 12.5. The summed E-state index contributed by atoms with van der Waals surface area (Å²) < 4.78 is 10.7. The number of nitrogens with zero attached hydrogens (tertiary/aromatic N) is 5. The number of methoxy groups -OCH3 is 2. The molecule has 2 N–H and O–H groups in total. The van der Waals surface area contributed by atoms with Crippen LogP contribution in [-0.4, -0.2) is 109 Å². The van der Waals surface area contributed by atoms with Gasteiger partial charge in [-0.05, 0) is 38.8 Å². The van der Waals surface area contributed by atoms with Crippen molar-refractivity contribution in [1.29, 1.82) is 0 Å². The van der Waals surface area contributed by atoms with E-state index in [4.69, 9.17) is 20.2 Å². The molecule has 1 aromatic rings. The zero-order valence-electron chi connectivity index (χ0n) is 22.1. The van der Waals surface area contributed by atoms with Crippen molar-refractivity contribution in [3.05, 3.63) is 35.4 Å². The van der Waals surface area contributed by atoms with E-state index in [-0.39, 0.29) is 17.4 Å². The molecule has 3 unspecified atom stereocenters. The van der Waals surface area contributed by atoms with Crippen LogP contribution in [0.5, 0.6) is 11.5 Å². The number of ether oxygens (including phenoxy) is 2. The molecule has 3 aliphatic heterocycles. The maximum Gasteiger partial charge on any atom is 0.328 e. The Morgan fingerprint density at radius 3 is 2.62 bits per heavy atom. The lowest BCUT2D eigenvalue weighted by molar-refractivity contribution is -0.136. The van der Waals surface area contributed by atoms with E-state index >= 15 is 0 Å². The van der Waals surface area contributed by atoms with Crippen LogP contribution >= 0.6 is 0 Å². The van der Waals surface area contributed by atoms with Gasteiger partial charge in [-0.2, -0.15) is 0 Å². The number of guanidine groups is 1. The highest BCUT2D eigenvalue weighted by Crippen LogP contribution is 2.33. The topological polar surface area (TPSA) is 121 Å². The van der Waals surface area contributed by atoms with E-state index < -0.39 is 36.5 Å². The van der Waals surface area contributed by atoms with Crippen LogP contribution in [0.2, 0.25) is 0 Å². The number of para-hydroxylation sites is 1. The number of aliphatic imine (C=N–C) groups is 1. The fourth-order valence-corrected chi connectivity index (χ4v) is 5.08. The van der Waals surface area contributed by atoms with Crippen LogP contribution in [0.4, 0.5) is 4.79 Å². The number of hydrogen-bond donors (Lipinski definition) is 1. The van der Waals surface area contributed by atoms with Crippen LogP contribution in [0, 0.1) is 0 Å². The first-order chi connectivity index (χ1) is 17.7. The molecule has 37 heavy (non-hydrogen) atoms. The average Bonchev–Trinajstić information content (AvgIpc) is 3.27. The monoisotopic (exact) mass is 512 g/mol. The molecule has 2 saturated heterocycles. The maximum atomic E-state index is 13.8. The highest BCUT2D eigenvalue weighted by Gasteiger charge is 2.53. The normalized spacial score (nSPS) is 23.6. The highest BCUT2D eigenvalue weighted by molar-refractivity contribution is 6.09. The van der Waals surface area contributed by atoms with E-state index in [9.17, 15) is 14.4 Å². The molecule has 4 rings (SSSR count). The summed E-state index contributed by atoms with van der Waals surface area (Å²) in [6.45, 7) is 5.43. The van der Waals surface area contributed by atoms with Crippen LogP contribution < -0.4 is 15.2 Å². The Bertz CT molecular complexity index is 1130. The van der Waals surface area contributed by atoms with Crippen LogP contribution in [0.3, 0.4) is 0 Å². The summed E-state index contributed by atoms with van der Waals surface area (Å²) >= 11 is 0. The summed E-state index contributed by atoms with van der Waals surface area (Å²) in [6.07, 6.45) is 3.21. The van der Waals surface area contributed by atoms with Crippen molar-refractivity contribution >= 4 is 23.7 Å². The summed E-state index contributed by atoms with van der Waals surface area (Å²) in [7, 11) is 4.53. The molecule has 3 atom stereocenters. The number of carbonyl (C=O) groups is 3. The number of amides is 3. The quantitative estimate of drug-likeness (QED) is 0.431. The molecule has 2 fully saturated rings. The van der Waals surface area contributed by atoms with Crippen molar-refractivity contribution in [2.75, 3.05) is 47.4 Å². The van der Waals surface area contributed by atoms with Gasteiger partial charge in [-0.15, -0.1) is 0 Å². The lowest BCUT2D eigenvalue weighted by Crippen LogP contribution is -2.66. The number of allylic oxidation sites excluding steroid dienone is 1. The van der Waals surface area contributed by atoms with Crippen LogP contribution in [0.1, 0.15) is 37.0 Å². The third-order valence-electron chi connectivity index (χ3n) is 7.01. The molecule has 3 aliphatic rings. The lowest BCUT2D eigenvalue weighted by Gasteiger charge is -2.42. The standard InChI is InChI=1S/C26H36N6O5/c1-16(2)11-13-31-21-23(28-25(31)30-12-7-8-17(27)14-30)29(3)26(35)32(24(21)34)15-19(33)18-9-6-10-20(36-4)22(18)37-5/h6,9-11,17,21,23H,7-8,12-15,27H2,1-5H3. The molecule has 3 heterocycles. The molecule has 200 valence electrons. The fourth-order valence-electron chi connectivity index (χ4n) is 5.08. The third kappa shape index (κ3) is 5.00. The summed E-state index contributed by atoms with van der Waals surface area (Å²) in [4.78, 5) is 51.8. The molecule has 11 nitrogen and oxygen atoms in total. The number of imide groups is 1. The second-order valence-electron chi connectivity index (χ2n) is 9.85. The van der Waals surface area contributed by atoms with E-state index in [2.05, 4.69) is 4.90 Å². The molecule has 3 amide bonds. The second-order valence-corrected chi connectivity index (χ2v) is 9.85. The molecular weight excluding hydrogens is 476 g/mol. The molecule has 0 bridgehead atoms. The van der Waals surface area contributed by atoms with Gasteiger partial charge in [-0.25, -0.2) is 9.79 Å². The number of likely N-dealkylation sites (N-methyl/N-ethyl adjacent to an activating group) is 1. The number of benzene rings is 1. The number of rotatable bonds is 7. The number of fused-ring (bicyclic) bond motifs is 1. The second kappa shape index (κ2) is 10.8. The van der Waals surface area contributed by atoms with E-state index in [0.717, 1.165) is 29.9 Å². The molecule has 0 aromatic heterocycles. The molecule has 1 aromatic carbocycles. The molecule has 0 radical (unpaired) electrons. The number of piperidine rings is 1. The minimum Gasteiger partial charge on any atom is -0.493 e. The third-order valence-corrected chi connectivity index (χ3v) is 7.01. The molecule has 0 aliphatic carbocycles. The van der Waals surface area contributed by atoms with Gasteiger partial charge < -0.3 is 29.9 Å². The minimum absolute atomic E-state index is 0.0198. The number of hydrogen-bond acceptors (Lipinski definition) is 9. The lowest BCUT2D eigenvalue weighted by atomic mass is 10.1. The van der Waals surface area contributed by atoms with Gasteiger partial charge in [0.25, 0.3) is 5.91 Å². The van der Waals surface area contributed by atoms with Crippen LogP contribution in [-0.2, 0) is 4.79 Å². The molecule has 0 saturated carbocycles. The van der Waals surface area contributed by atoms with Gasteiger partial charge >= 0.3 is 6.03 Å². The van der Waals surface area contributed by atoms with Gasteiger partial charge in [0, 0.05) is 32.7 Å². The Labute approximate surface area is 217 Å². The summed E-state index contributed by atoms with van der Waals surface area (Å²) in [6, 6.07) is 3.64. The predicted octanol–water partition coefficient (Wildman–Crippen LogP) is 1.54. The number of likely N-dealkylation sites (tertiary alicyclic amines) is 1. The number of ketones is 1. The van der Waals surface area contributed by atoms with Crippen molar-refractivity contribution in [3.8, 4) is 11.5 Å². The summed E-state index contributed by atoms with van der Waals surface area (Å²) in [5, 5.41) is 0. The van der Waals surface area contributed by atoms with Crippen molar-refractivity contribution in [2.24, 2.45) is 10.7 Å². The number of carbonyl (C=O) groups excluding carboxylic acids is 3. The van der Waals surface area contributed by atoms with Crippen molar-refractivity contribution in [3.63, 3.8) is 0 Å². The van der Waals surface area contributed by atoms with Gasteiger partial charge in [-0.3, -0.25) is 14.5 Å². The van der Waals surface area contributed by atoms with E-state index in [1.54, 1.807) is 25.2 Å². The zero-order chi connectivity index (χ0) is 26.9. The first-order valence-corrected chi connectivity index (χ1v) is 12.5. The zero-order valence-corrected chi connectivity index (χ0v) is 22.1. The van der Waals surface area contributed by atoms with Gasteiger partial charge in [0.1, 0.15) is 0 Å². The van der Waals surface area contributed by atoms with E-state index in [0.29, 0.717) is 24.8 Å². The van der Waals surface area contributed by atoms with Crippen LogP contribution in [0.15, 0.2) is 34.8 Å². The SMILES string of the molecule is COc1cccc(C(=O)CN2C(=O)C3C(N=C(N4CCCC(N)C4)N3CC=C(C)C)N(C)C2=O)c1OC. The fraction of sp³-hybridized carbons (Fsp3) is 0.538. The van der Waals surface area contributed by atoms with E-state index in [1.165, 1.54) is 19.1 Å². The number of nitrogens with two attached hydrogens (primary N) is 1. The predicted molar refractivity (Wildman–Crippen MR) is 139 cm³/mol. The number of Topliss-reactive ketones (excluding diaryl/α,β-unsaturated/α-hetero) is 1. The van der Waals surface area contributed by atoms with Gasteiger partial charge in [-0.1, -0.05) is 17.7 Å². The van der Waals surface area contributed by atoms with Crippen molar-refractivity contribution in [1.82, 2.24) is 19.6 Å². The minimum atomic E-state index is -0.744. The van der Waals surface area contributed by atoms with Crippen molar-refractivity contribution < 1.29 is 23.9 Å². The number of urea groups is 1. The van der Waals surface area contributed by atoms with Crippen molar-refractivity contribution in [2.45, 2.75) is 44.9 Å². The van der Waals surface area contributed by atoms with Crippen LogP contribution in [0.25, 0.3) is 0 Å². The van der Waals surface area contributed by atoms with Gasteiger partial charge in [0.2, 0.25) is 0 Å². The Morgan fingerprint density at radius 2 is 1.97 bits per heavy atom. The molecule has 11 heteroatoms. The Kier molecular flexibility index (Phi) is 7.72. The Balaban J connectivity index is 1.64. The van der Waals surface area contributed by atoms with Gasteiger partial charge in [0.05, 0.1) is 26.3 Å². The molecule has 0 spiro atoms. The molecular formula is C26H36N6O5. The Morgan fingerprint density at radius 1 is 1.22 bits per heavy atom. The summed E-state index contributed by atoms with van der Waals surface area (Å²) in [5.41, 5.74) is 7.57.